The van der Waals surface area contributed by atoms with Gasteiger partial charge in [-0.05, 0) is 38.3 Å². The Bertz CT molecular complexity index is 636. The van der Waals surface area contributed by atoms with Crippen LogP contribution in [0.1, 0.15) is 49.9 Å². The number of carbonyl (C=O) groups is 2. The maximum atomic E-state index is 11.4. The molecule has 0 bridgehead atoms. The van der Waals surface area contributed by atoms with Crippen LogP contribution in [0.5, 0.6) is 0 Å². The third-order valence-electron chi connectivity index (χ3n) is 3.70. The summed E-state index contributed by atoms with van der Waals surface area (Å²) in [5, 5.41) is 16.9. The summed E-state index contributed by atoms with van der Waals surface area (Å²) in [6.07, 6.45) is 2.73. The van der Waals surface area contributed by atoms with E-state index < -0.39 is 16.9 Å². The molecule has 2 amide bonds. The molecular weight excluding hydrogens is 340 g/mol. The summed E-state index contributed by atoms with van der Waals surface area (Å²) in [7, 11) is 0. The monoisotopic (exact) mass is 366 g/mol. The zero-order valence-electron chi connectivity index (χ0n) is 15.1. The Morgan fingerprint density at radius 1 is 1.35 bits per heavy atom. The van der Waals surface area contributed by atoms with E-state index in [9.17, 15) is 19.7 Å². The summed E-state index contributed by atoms with van der Waals surface area (Å²) >= 11 is 0. The van der Waals surface area contributed by atoms with Gasteiger partial charge in [0.05, 0.1) is 11.5 Å². The third-order valence-corrected chi connectivity index (χ3v) is 3.70. The van der Waals surface area contributed by atoms with Crippen molar-refractivity contribution < 1.29 is 19.2 Å². The molecule has 0 saturated heterocycles. The number of nitrogens with one attached hydrogen (secondary N) is 2. The Balaban J connectivity index is 2.45. The van der Waals surface area contributed by atoms with Crippen molar-refractivity contribution in [2.45, 2.75) is 45.6 Å². The highest BCUT2D eigenvalue weighted by Crippen LogP contribution is 2.26. The first-order valence-electron chi connectivity index (χ1n) is 8.60. The van der Waals surface area contributed by atoms with Crippen molar-refractivity contribution in [1.82, 2.24) is 5.32 Å². The fourth-order valence-electron chi connectivity index (χ4n) is 2.25. The molecule has 26 heavy (non-hydrogen) atoms. The number of nitrogens with zero attached hydrogens (tertiary/aromatic N) is 1. The van der Waals surface area contributed by atoms with Gasteiger partial charge < -0.3 is 21.1 Å². The van der Waals surface area contributed by atoms with Crippen LogP contribution in [0.2, 0.25) is 0 Å². The number of ether oxygens (including phenoxy) is 1. The van der Waals surface area contributed by atoms with E-state index in [1.165, 1.54) is 12.1 Å². The highest BCUT2D eigenvalue weighted by molar-refractivity contribution is 5.94. The number of primary amides is 1. The molecule has 1 aromatic carbocycles. The molecule has 0 fully saturated rings. The second kappa shape index (κ2) is 10.9. The summed E-state index contributed by atoms with van der Waals surface area (Å²) in [4.78, 5) is 33.2. The number of rotatable bonds is 11. The zero-order valence-corrected chi connectivity index (χ0v) is 15.1. The van der Waals surface area contributed by atoms with Crippen LogP contribution in [0.25, 0.3) is 0 Å². The van der Waals surface area contributed by atoms with Gasteiger partial charge in [-0.2, -0.15) is 0 Å². The number of amides is 2. The fraction of sp³-hybridized carbons (Fsp3) is 0.529. The Morgan fingerprint density at radius 2 is 2.08 bits per heavy atom. The van der Waals surface area contributed by atoms with Crippen molar-refractivity contribution in [2.75, 3.05) is 18.5 Å². The van der Waals surface area contributed by atoms with Gasteiger partial charge >= 0.3 is 6.09 Å². The maximum absolute atomic E-state index is 11.4. The van der Waals surface area contributed by atoms with Gasteiger partial charge in [0, 0.05) is 24.2 Å². The standard InChI is InChI=1S/C17H26N4O5/c1-3-4-10-26-17(23)19-9-5-6-12(2)20-14-8-7-13(16(18)22)11-15(14)21(24)25/h7-8,11-12,20H,3-6,9-10H2,1-2H3,(H2,18,22)(H,19,23). The van der Waals surface area contributed by atoms with E-state index in [4.69, 9.17) is 10.5 Å². The van der Waals surface area contributed by atoms with Crippen LogP contribution in [0.15, 0.2) is 18.2 Å². The second-order valence-corrected chi connectivity index (χ2v) is 5.96. The number of hydrogen-bond acceptors (Lipinski definition) is 6. The van der Waals surface area contributed by atoms with Crippen molar-refractivity contribution in [3.63, 3.8) is 0 Å². The smallest absolute Gasteiger partial charge is 0.407 e. The molecule has 9 nitrogen and oxygen atoms in total. The summed E-state index contributed by atoms with van der Waals surface area (Å²) in [5.41, 5.74) is 5.35. The van der Waals surface area contributed by atoms with Gasteiger partial charge in [-0.25, -0.2) is 4.79 Å². The molecule has 1 rings (SSSR count). The number of unbranched alkanes of at least 4 members (excludes halogenated alkanes) is 1. The zero-order chi connectivity index (χ0) is 19.5. The van der Waals surface area contributed by atoms with Crippen LogP contribution in [0.3, 0.4) is 0 Å². The lowest BCUT2D eigenvalue weighted by Gasteiger charge is -2.15. The topological polar surface area (TPSA) is 137 Å². The van der Waals surface area contributed by atoms with Gasteiger partial charge in [0.15, 0.2) is 0 Å². The second-order valence-electron chi connectivity index (χ2n) is 5.96. The van der Waals surface area contributed by atoms with Crippen LogP contribution < -0.4 is 16.4 Å². The molecule has 0 spiro atoms. The molecule has 144 valence electrons. The lowest BCUT2D eigenvalue weighted by atomic mass is 10.1. The van der Waals surface area contributed by atoms with Crippen molar-refractivity contribution in [3.8, 4) is 0 Å². The van der Waals surface area contributed by atoms with Gasteiger partial charge in [-0.3, -0.25) is 14.9 Å². The van der Waals surface area contributed by atoms with Gasteiger partial charge in [-0.1, -0.05) is 13.3 Å². The summed E-state index contributed by atoms with van der Waals surface area (Å²) in [6.45, 7) is 4.76. The number of benzene rings is 1. The first-order chi connectivity index (χ1) is 12.3. The third kappa shape index (κ3) is 7.37. The maximum Gasteiger partial charge on any atom is 0.407 e. The molecule has 1 atom stereocenters. The quantitative estimate of drug-likeness (QED) is 0.313. The highest BCUT2D eigenvalue weighted by atomic mass is 16.6. The van der Waals surface area contributed by atoms with E-state index in [1.807, 2.05) is 13.8 Å². The molecular formula is C17H26N4O5. The van der Waals surface area contributed by atoms with Crippen LogP contribution >= 0.6 is 0 Å². The largest absolute Gasteiger partial charge is 0.450 e. The summed E-state index contributed by atoms with van der Waals surface area (Å²) in [6, 6.07) is 4.01. The first-order valence-corrected chi connectivity index (χ1v) is 8.60. The molecule has 0 saturated carbocycles. The normalized spacial score (nSPS) is 11.5. The number of hydrogen-bond donors (Lipinski definition) is 3. The number of alkyl carbamates (subject to hydrolysis) is 1. The van der Waals surface area contributed by atoms with Crippen molar-refractivity contribution in [2.24, 2.45) is 5.73 Å². The Labute approximate surface area is 152 Å². The average Bonchev–Trinajstić information content (AvgIpc) is 2.59. The molecule has 9 heteroatoms. The number of nitrogens with two attached hydrogens (primary N) is 1. The molecule has 0 radical (unpaired) electrons. The van der Waals surface area contributed by atoms with Crippen LogP contribution in [-0.2, 0) is 4.74 Å². The van der Waals surface area contributed by atoms with Gasteiger partial charge in [-0.15, -0.1) is 0 Å². The lowest BCUT2D eigenvalue weighted by molar-refractivity contribution is -0.384. The number of carbonyl (C=O) groups excluding carboxylic acids is 2. The molecule has 0 aliphatic heterocycles. The fourth-order valence-corrected chi connectivity index (χ4v) is 2.25. The molecule has 0 aromatic heterocycles. The number of nitro groups is 1. The predicted octanol–water partition coefficient (Wildman–Crippen LogP) is 2.80. The van der Waals surface area contributed by atoms with Crippen molar-refractivity contribution >= 4 is 23.4 Å². The number of nitro benzene ring substituents is 1. The minimum Gasteiger partial charge on any atom is -0.450 e. The summed E-state index contributed by atoms with van der Waals surface area (Å²) < 4.78 is 4.98. The molecule has 1 unspecified atom stereocenters. The van der Waals surface area contributed by atoms with Gasteiger partial charge in [0.25, 0.3) is 5.69 Å². The average molecular weight is 366 g/mol. The molecule has 0 aliphatic rings. The first kappa shape index (κ1) is 21.2. The summed E-state index contributed by atoms with van der Waals surface area (Å²) in [5.74, 6) is -0.718. The van der Waals surface area contributed by atoms with E-state index in [-0.39, 0.29) is 17.3 Å². The highest BCUT2D eigenvalue weighted by Gasteiger charge is 2.17. The minimum absolute atomic E-state index is 0.0639. The van der Waals surface area contributed by atoms with E-state index >= 15 is 0 Å². The number of anilines is 1. The molecule has 0 heterocycles. The van der Waals surface area contributed by atoms with Gasteiger partial charge in [0.2, 0.25) is 5.91 Å². The van der Waals surface area contributed by atoms with E-state index in [2.05, 4.69) is 10.6 Å². The lowest BCUT2D eigenvalue weighted by Crippen LogP contribution is -2.27. The van der Waals surface area contributed by atoms with Gasteiger partial charge in [0.1, 0.15) is 5.69 Å². The molecule has 1 aromatic rings. The van der Waals surface area contributed by atoms with E-state index in [1.54, 1.807) is 0 Å². The van der Waals surface area contributed by atoms with Crippen LogP contribution in [0, 0.1) is 10.1 Å². The Morgan fingerprint density at radius 3 is 2.69 bits per heavy atom. The SMILES string of the molecule is CCCCOC(=O)NCCCC(C)Nc1ccc(C(N)=O)cc1[N+](=O)[O-]. The minimum atomic E-state index is -0.718. The van der Waals surface area contributed by atoms with E-state index in [0.29, 0.717) is 31.7 Å². The van der Waals surface area contributed by atoms with Crippen molar-refractivity contribution in [3.05, 3.63) is 33.9 Å². The van der Waals surface area contributed by atoms with Crippen molar-refractivity contribution in [1.29, 1.82) is 0 Å². The van der Waals surface area contributed by atoms with E-state index in [0.717, 1.165) is 18.9 Å². The van der Waals surface area contributed by atoms with Crippen LogP contribution in [0.4, 0.5) is 16.2 Å². The van der Waals surface area contributed by atoms with Crippen LogP contribution in [-0.4, -0.2) is 36.1 Å². The Kier molecular flexibility index (Phi) is 8.90. The Hall–Kier alpha value is -2.84. The predicted molar refractivity (Wildman–Crippen MR) is 98.2 cm³/mol. The molecule has 0 aliphatic carbocycles. The molecule has 4 N–H and O–H groups in total.